The molecule has 0 aliphatic carbocycles. The number of rotatable bonds is 2. The molecule has 2 heteroatoms. The van der Waals surface area contributed by atoms with Gasteiger partial charge in [-0.25, -0.2) is 0 Å². The first-order chi connectivity index (χ1) is 8.77. The zero-order valence-electron chi connectivity index (χ0n) is 15.0. The highest BCUT2D eigenvalue weighted by Gasteiger charge is 2.30. The molecule has 1 fully saturated rings. The van der Waals surface area contributed by atoms with Crippen LogP contribution >= 0.6 is 0 Å². The second kappa shape index (κ2) is 25.7. The third kappa shape index (κ3) is 14.0. The number of methoxy groups -OCH3 is 1. The van der Waals surface area contributed by atoms with E-state index in [0.717, 1.165) is 12.8 Å². The minimum absolute atomic E-state index is 0.0555. The molecule has 0 bridgehead atoms. The van der Waals surface area contributed by atoms with E-state index in [4.69, 9.17) is 9.47 Å². The van der Waals surface area contributed by atoms with Gasteiger partial charge in [-0.2, -0.15) is 0 Å². The fourth-order valence-corrected chi connectivity index (χ4v) is 1.49. The molecule has 0 saturated carbocycles. The quantitative estimate of drug-likeness (QED) is 0.618. The molecule has 0 aromatic carbocycles. The second-order valence-electron chi connectivity index (χ2n) is 2.96. The Kier molecular flexibility index (Phi) is 37.8. The molecular weight excluding hydrogens is 224 g/mol. The third-order valence-corrected chi connectivity index (χ3v) is 2.19. The molecule has 1 aliphatic rings. The van der Waals surface area contributed by atoms with Gasteiger partial charge in [0.2, 0.25) is 0 Å². The Morgan fingerprint density at radius 2 is 1.33 bits per heavy atom. The second-order valence-corrected chi connectivity index (χ2v) is 2.96. The first kappa shape index (κ1) is 26.5. The summed E-state index contributed by atoms with van der Waals surface area (Å²) >= 11 is 0. The normalized spacial score (nSPS) is 23.8. The third-order valence-electron chi connectivity index (χ3n) is 2.19. The molecule has 2 nitrogen and oxygen atoms in total. The monoisotopic (exact) mass is 264 g/mol. The van der Waals surface area contributed by atoms with Crippen molar-refractivity contribution in [1.82, 2.24) is 0 Å². The van der Waals surface area contributed by atoms with Gasteiger partial charge in [0.25, 0.3) is 0 Å². The molecule has 116 valence electrons. The molecule has 0 amide bonds. The van der Waals surface area contributed by atoms with Crippen molar-refractivity contribution in [2.45, 2.75) is 94.5 Å². The van der Waals surface area contributed by atoms with Gasteiger partial charge in [0.05, 0.1) is 6.10 Å². The van der Waals surface area contributed by atoms with Crippen molar-refractivity contribution in [3.63, 3.8) is 0 Å². The zero-order chi connectivity index (χ0) is 15.6. The van der Waals surface area contributed by atoms with Crippen LogP contribution in [0.5, 0.6) is 0 Å². The molecule has 0 aromatic heterocycles. The fourth-order valence-electron chi connectivity index (χ4n) is 1.49. The number of hydrogen-bond acceptors (Lipinski definition) is 2. The van der Waals surface area contributed by atoms with Gasteiger partial charge in [0.15, 0.2) is 6.29 Å². The van der Waals surface area contributed by atoms with Crippen molar-refractivity contribution in [3.05, 3.63) is 0 Å². The lowest BCUT2D eigenvalue weighted by molar-refractivity contribution is -0.115. The summed E-state index contributed by atoms with van der Waals surface area (Å²) < 4.78 is 10.6. The van der Waals surface area contributed by atoms with E-state index in [-0.39, 0.29) is 6.29 Å². The molecular formula is C16H40O2. The summed E-state index contributed by atoms with van der Waals surface area (Å²) in [5.41, 5.74) is 0. The standard InChI is InChI=1S/C8H16O2.4C2H6/c1-4-7-6(2)5-8(9-3)10-7;4*1-2/h6-8H,4-5H2,1-3H3;4*1-2H3. The molecule has 0 N–H and O–H groups in total. The summed E-state index contributed by atoms with van der Waals surface area (Å²) in [4.78, 5) is 0. The first-order valence-electron chi connectivity index (χ1n) is 7.96. The molecule has 0 aromatic rings. The smallest absolute Gasteiger partial charge is 0.157 e. The number of hydrogen-bond donors (Lipinski definition) is 0. The molecule has 0 spiro atoms. The van der Waals surface area contributed by atoms with Crippen molar-refractivity contribution >= 4 is 0 Å². The Morgan fingerprint density at radius 3 is 1.50 bits per heavy atom. The summed E-state index contributed by atoms with van der Waals surface area (Å²) in [6.45, 7) is 20.4. The minimum atomic E-state index is 0.0555. The van der Waals surface area contributed by atoms with Gasteiger partial charge >= 0.3 is 0 Å². The molecule has 1 aliphatic heterocycles. The fraction of sp³-hybridized carbons (Fsp3) is 1.00. The predicted molar refractivity (Wildman–Crippen MR) is 85.1 cm³/mol. The van der Waals surface area contributed by atoms with E-state index >= 15 is 0 Å². The summed E-state index contributed by atoms with van der Waals surface area (Å²) in [5.74, 6) is 0.662. The lowest BCUT2D eigenvalue weighted by Crippen LogP contribution is -2.13. The zero-order valence-corrected chi connectivity index (χ0v) is 15.0. The van der Waals surface area contributed by atoms with Gasteiger partial charge in [0, 0.05) is 13.5 Å². The Labute approximate surface area is 117 Å². The predicted octanol–water partition coefficient (Wildman–Crippen LogP) is 5.90. The van der Waals surface area contributed by atoms with Crippen molar-refractivity contribution in [3.8, 4) is 0 Å². The number of ether oxygens (including phenoxy) is 2. The molecule has 3 unspecified atom stereocenters. The van der Waals surface area contributed by atoms with Crippen molar-refractivity contribution < 1.29 is 9.47 Å². The summed E-state index contributed by atoms with van der Waals surface area (Å²) in [5, 5.41) is 0. The van der Waals surface area contributed by atoms with Crippen LogP contribution in [0, 0.1) is 5.92 Å². The summed E-state index contributed by atoms with van der Waals surface area (Å²) in [6, 6.07) is 0. The Balaban J connectivity index is -0.000000105. The first-order valence-corrected chi connectivity index (χ1v) is 7.96. The Bertz CT molecular complexity index is 105. The van der Waals surface area contributed by atoms with Gasteiger partial charge in [-0.1, -0.05) is 69.2 Å². The van der Waals surface area contributed by atoms with E-state index in [9.17, 15) is 0 Å². The topological polar surface area (TPSA) is 18.5 Å². The van der Waals surface area contributed by atoms with Crippen LogP contribution < -0.4 is 0 Å². The highest BCUT2D eigenvalue weighted by Crippen LogP contribution is 2.27. The maximum Gasteiger partial charge on any atom is 0.157 e. The highest BCUT2D eigenvalue weighted by atomic mass is 16.7. The van der Waals surface area contributed by atoms with E-state index in [0.29, 0.717) is 12.0 Å². The minimum Gasteiger partial charge on any atom is -0.356 e. The van der Waals surface area contributed by atoms with Gasteiger partial charge in [-0.15, -0.1) is 0 Å². The summed E-state index contributed by atoms with van der Waals surface area (Å²) in [6.07, 6.45) is 2.63. The van der Waals surface area contributed by atoms with E-state index in [1.165, 1.54) is 0 Å². The van der Waals surface area contributed by atoms with Crippen molar-refractivity contribution in [2.75, 3.05) is 7.11 Å². The summed E-state index contributed by atoms with van der Waals surface area (Å²) in [7, 11) is 1.70. The average molecular weight is 264 g/mol. The molecule has 18 heavy (non-hydrogen) atoms. The van der Waals surface area contributed by atoms with Crippen LogP contribution in [0.1, 0.15) is 82.1 Å². The SMILES string of the molecule is CC.CC.CC.CC.CCC1OC(OC)CC1C. The van der Waals surface area contributed by atoms with Crippen LogP contribution in [0.4, 0.5) is 0 Å². The van der Waals surface area contributed by atoms with Gasteiger partial charge < -0.3 is 9.47 Å². The van der Waals surface area contributed by atoms with E-state index in [2.05, 4.69) is 13.8 Å². The molecule has 1 rings (SSSR count). The Hall–Kier alpha value is -0.0800. The van der Waals surface area contributed by atoms with Gasteiger partial charge in [0.1, 0.15) is 0 Å². The lowest BCUT2D eigenvalue weighted by Gasteiger charge is -2.11. The van der Waals surface area contributed by atoms with Crippen LogP contribution in [0.3, 0.4) is 0 Å². The van der Waals surface area contributed by atoms with E-state index in [1.807, 2.05) is 55.4 Å². The maximum absolute atomic E-state index is 5.55. The lowest BCUT2D eigenvalue weighted by atomic mass is 10.0. The highest BCUT2D eigenvalue weighted by molar-refractivity contribution is 4.73. The van der Waals surface area contributed by atoms with Crippen LogP contribution in [0.25, 0.3) is 0 Å². The van der Waals surface area contributed by atoms with Crippen LogP contribution in [-0.2, 0) is 9.47 Å². The molecule has 3 atom stereocenters. The van der Waals surface area contributed by atoms with E-state index < -0.39 is 0 Å². The maximum atomic E-state index is 5.55. The molecule has 0 radical (unpaired) electrons. The van der Waals surface area contributed by atoms with Gasteiger partial charge in [-0.3, -0.25) is 0 Å². The van der Waals surface area contributed by atoms with Gasteiger partial charge in [-0.05, 0) is 12.3 Å². The van der Waals surface area contributed by atoms with Crippen LogP contribution in [0.15, 0.2) is 0 Å². The largest absolute Gasteiger partial charge is 0.356 e. The molecule has 1 saturated heterocycles. The van der Waals surface area contributed by atoms with Crippen molar-refractivity contribution in [2.24, 2.45) is 5.92 Å². The molecule has 1 heterocycles. The van der Waals surface area contributed by atoms with Crippen LogP contribution in [-0.4, -0.2) is 19.5 Å². The average Bonchev–Trinajstić information content (AvgIpc) is 2.88. The Morgan fingerprint density at radius 1 is 0.944 bits per heavy atom. The van der Waals surface area contributed by atoms with Crippen LogP contribution in [0.2, 0.25) is 0 Å². The van der Waals surface area contributed by atoms with Crippen molar-refractivity contribution in [1.29, 1.82) is 0 Å². The van der Waals surface area contributed by atoms with E-state index in [1.54, 1.807) is 7.11 Å².